The van der Waals surface area contributed by atoms with E-state index in [0.29, 0.717) is 6.61 Å². The van der Waals surface area contributed by atoms with Crippen molar-refractivity contribution >= 4 is 12.2 Å². The van der Waals surface area contributed by atoms with E-state index in [9.17, 15) is 0 Å². The monoisotopic (exact) mass is 324 g/mol. The van der Waals surface area contributed by atoms with Crippen LogP contribution < -0.4 is 20.0 Å². The lowest BCUT2D eigenvalue weighted by molar-refractivity contribution is -0.672. The summed E-state index contributed by atoms with van der Waals surface area (Å²) in [6, 6.07) is 11.9. The third-order valence-electron chi connectivity index (χ3n) is 3.57. The lowest BCUT2D eigenvalue weighted by atomic mass is 10.2. The molecule has 0 amide bonds. The maximum Gasteiger partial charge on any atom is 0.212 e. The van der Waals surface area contributed by atoms with Gasteiger partial charge < -0.3 is 10.1 Å². The fourth-order valence-corrected chi connectivity index (χ4v) is 2.33. The third-order valence-corrected chi connectivity index (χ3v) is 3.57. The van der Waals surface area contributed by atoms with Gasteiger partial charge in [0.2, 0.25) is 5.96 Å². The van der Waals surface area contributed by atoms with Gasteiger partial charge in [-0.15, -0.1) is 0 Å². The average molecular weight is 324 g/mol. The standard InChI is InChI=1S/C18H22N5O/c1-23-11-2-4-16(13-23)14-24-17-7-5-15(6-8-17)12-21-22-18-19-9-3-10-20-18/h2,4-8,11-13H,3,9-10,14H2,1H3,(H2,19,20,22)/q+1/b21-12+. The zero-order chi connectivity index (χ0) is 16.6. The summed E-state index contributed by atoms with van der Waals surface area (Å²) >= 11 is 0. The van der Waals surface area contributed by atoms with Crippen LogP contribution in [0.4, 0.5) is 0 Å². The molecular formula is C18H22N5O+. The lowest BCUT2D eigenvalue weighted by Gasteiger charge is -2.12. The predicted octanol–water partition coefficient (Wildman–Crippen LogP) is 1.36. The van der Waals surface area contributed by atoms with Crippen LogP contribution in [-0.4, -0.2) is 25.3 Å². The number of benzene rings is 1. The van der Waals surface area contributed by atoms with Crippen LogP contribution in [0.25, 0.3) is 0 Å². The van der Waals surface area contributed by atoms with Crippen molar-refractivity contribution in [2.24, 2.45) is 17.1 Å². The van der Waals surface area contributed by atoms with Gasteiger partial charge >= 0.3 is 0 Å². The first-order valence-corrected chi connectivity index (χ1v) is 8.04. The van der Waals surface area contributed by atoms with Crippen molar-refractivity contribution in [2.45, 2.75) is 13.0 Å². The number of hydrazone groups is 1. The summed E-state index contributed by atoms with van der Waals surface area (Å²) in [4.78, 5) is 4.29. The van der Waals surface area contributed by atoms with Crippen LogP contribution in [0.5, 0.6) is 5.75 Å². The van der Waals surface area contributed by atoms with E-state index >= 15 is 0 Å². The molecule has 0 spiro atoms. The van der Waals surface area contributed by atoms with E-state index < -0.39 is 0 Å². The van der Waals surface area contributed by atoms with Gasteiger partial charge in [-0.3, -0.25) is 4.99 Å². The minimum atomic E-state index is 0.551. The van der Waals surface area contributed by atoms with Crippen molar-refractivity contribution < 1.29 is 9.30 Å². The summed E-state index contributed by atoms with van der Waals surface area (Å²) in [6.07, 6.45) is 6.88. The summed E-state index contributed by atoms with van der Waals surface area (Å²) in [5.41, 5.74) is 5.04. The van der Waals surface area contributed by atoms with Gasteiger partial charge in [0.25, 0.3) is 0 Å². The van der Waals surface area contributed by atoms with Gasteiger partial charge in [0.05, 0.1) is 11.8 Å². The Hall–Kier alpha value is -2.89. The Morgan fingerprint density at radius 1 is 1.33 bits per heavy atom. The molecule has 24 heavy (non-hydrogen) atoms. The molecule has 6 heteroatoms. The van der Waals surface area contributed by atoms with E-state index in [0.717, 1.165) is 42.3 Å². The number of guanidine groups is 1. The molecule has 0 bridgehead atoms. The highest BCUT2D eigenvalue weighted by molar-refractivity contribution is 5.84. The van der Waals surface area contributed by atoms with Crippen LogP contribution in [0.15, 0.2) is 58.9 Å². The second-order valence-corrected chi connectivity index (χ2v) is 5.62. The van der Waals surface area contributed by atoms with E-state index in [2.05, 4.69) is 33.1 Å². The molecule has 2 N–H and O–H groups in total. The van der Waals surface area contributed by atoms with Crippen LogP contribution in [0, 0.1) is 0 Å². The Balaban J connectivity index is 1.50. The summed E-state index contributed by atoms with van der Waals surface area (Å²) < 4.78 is 7.81. The van der Waals surface area contributed by atoms with Crippen molar-refractivity contribution in [3.05, 3.63) is 59.9 Å². The van der Waals surface area contributed by atoms with E-state index in [1.54, 1.807) is 6.21 Å². The summed E-state index contributed by atoms with van der Waals surface area (Å²) in [7, 11) is 2.00. The normalized spacial score (nSPS) is 14.1. The summed E-state index contributed by atoms with van der Waals surface area (Å²) in [5.74, 6) is 1.57. The van der Waals surface area contributed by atoms with Gasteiger partial charge in [-0.25, -0.2) is 9.99 Å². The maximum atomic E-state index is 5.80. The molecular weight excluding hydrogens is 302 g/mol. The minimum absolute atomic E-state index is 0.551. The van der Waals surface area contributed by atoms with E-state index in [-0.39, 0.29) is 0 Å². The quantitative estimate of drug-likeness (QED) is 0.496. The van der Waals surface area contributed by atoms with Gasteiger partial charge in [0, 0.05) is 19.2 Å². The van der Waals surface area contributed by atoms with Crippen LogP contribution in [0.1, 0.15) is 17.5 Å². The number of aliphatic imine (C=N–C) groups is 1. The molecule has 0 saturated carbocycles. The van der Waals surface area contributed by atoms with E-state index in [4.69, 9.17) is 4.74 Å². The number of ether oxygens (including phenoxy) is 1. The first-order valence-electron chi connectivity index (χ1n) is 8.04. The Kier molecular flexibility index (Phi) is 5.40. The molecule has 0 radical (unpaired) electrons. The zero-order valence-electron chi connectivity index (χ0n) is 13.8. The molecule has 2 aromatic rings. The Morgan fingerprint density at radius 3 is 2.96 bits per heavy atom. The van der Waals surface area contributed by atoms with Crippen molar-refractivity contribution in [1.82, 2.24) is 10.7 Å². The van der Waals surface area contributed by atoms with Crippen molar-refractivity contribution in [3.63, 3.8) is 0 Å². The molecule has 0 unspecified atom stereocenters. The highest BCUT2D eigenvalue weighted by atomic mass is 16.5. The second-order valence-electron chi connectivity index (χ2n) is 5.62. The fourth-order valence-electron chi connectivity index (χ4n) is 2.33. The average Bonchev–Trinajstić information content (AvgIpc) is 2.62. The summed E-state index contributed by atoms with van der Waals surface area (Å²) in [5, 5.41) is 7.34. The highest BCUT2D eigenvalue weighted by Crippen LogP contribution is 2.13. The number of rotatable bonds is 5. The molecule has 3 rings (SSSR count). The Morgan fingerprint density at radius 2 is 2.21 bits per heavy atom. The smallest absolute Gasteiger partial charge is 0.212 e. The molecule has 0 atom stereocenters. The van der Waals surface area contributed by atoms with Crippen LogP contribution >= 0.6 is 0 Å². The predicted molar refractivity (Wildman–Crippen MR) is 94.0 cm³/mol. The first kappa shape index (κ1) is 16.0. The second kappa shape index (κ2) is 8.10. The number of aryl methyl sites for hydroxylation is 1. The van der Waals surface area contributed by atoms with Crippen molar-refractivity contribution in [2.75, 3.05) is 13.1 Å². The van der Waals surface area contributed by atoms with Gasteiger partial charge in [0.1, 0.15) is 19.4 Å². The number of pyridine rings is 1. The SMILES string of the molecule is C[n+]1cccc(COc2ccc(/C=N/NC3=NCCCN3)cc2)c1. The number of nitrogens with zero attached hydrogens (tertiary/aromatic N) is 3. The van der Waals surface area contributed by atoms with E-state index in [1.165, 1.54) is 0 Å². The third kappa shape index (κ3) is 4.81. The molecule has 0 fully saturated rings. The van der Waals surface area contributed by atoms with Crippen molar-refractivity contribution in [1.29, 1.82) is 0 Å². The van der Waals surface area contributed by atoms with Crippen molar-refractivity contribution in [3.8, 4) is 5.75 Å². The van der Waals surface area contributed by atoms with Gasteiger partial charge in [-0.2, -0.15) is 5.10 Å². The number of aromatic nitrogens is 1. The molecule has 124 valence electrons. The molecule has 1 aliphatic heterocycles. The van der Waals surface area contributed by atoms with Crippen LogP contribution in [0.3, 0.4) is 0 Å². The fraction of sp³-hybridized carbons (Fsp3) is 0.278. The van der Waals surface area contributed by atoms with Crippen LogP contribution in [0.2, 0.25) is 0 Å². The molecule has 6 nitrogen and oxygen atoms in total. The Bertz CT molecular complexity index is 724. The molecule has 2 heterocycles. The molecule has 1 aliphatic rings. The van der Waals surface area contributed by atoms with E-state index in [1.807, 2.05) is 48.1 Å². The highest BCUT2D eigenvalue weighted by Gasteiger charge is 2.02. The maximum absolute atomic E-state index is 5.80. The first-order chi connectivity index (χ1) is 11.8. The number of hydrogen-bond donors (Lipinski definition) is 2. The molecule has 1 aromatic carbocycles. The molecule has 0 saturated heterocycles. The summed E-state index contributed by atoms with van der Waals surface area (Å²) in [6.45, 7) is 2.33. The minimum Gasteiger partial charge on any atom is -0.489 e. The number of hydrogen-bond acceptors (Lipinski definition) is 5. The zero-order valence-corrected chi connectivity index (χ0v) is 13.8. The number of nitrogens with one attached hydrogen (secondary N) is 2. The molecule has 1 aromatic heterocycles. The topological polar surface area (TPSA) is 61.9 Å². The van der Waals surface area contributed by atoms with Gasteiger partial charge in [-0.05, 0) is 42.3 Å². The molecule has 0 aliphatic carbocycles. The van der Waals surface area contributed by atoms with Crippen LogP contribution in [-0.2, 0) is 13.7 Å². The lowest BCUT2D eigenvalue weighted by Crippen LogP contribution is -2.38. The van der Waals surface area contributed by atoms with Gasteiger partial charge in [0.15, 0.2) is 12.4 Å². The largest absolute Gasteiger partial charge is 0.489 e. The Labute approximate surface area is 141 Å². The van der Waals surface area contributed by atoms with Gasteiger partial charge in [-0.1, -0.05) is 0 Å².